The van der Waals surface area contributed by atoms with Gasteiger partial charge in [-0.2, -0.15) is 0 Å². The zero-order valence-electron chi connectivity index (χ0n) is 19.6. The molecule has 3 fully saturated rings. The van der Waals surface area contributed by atoms with E-state index in [4.69, 9.17) is 15.7 Å². The van der Waals surface area contributed by atoms with E-state index in [-0.39, 0.29) is 6.04 Å². The van der Waals surface area contributed by atoms with E-state index in [9.17, 15) is 0 Å². The van der Waals surface area contributed by atoms with E-state index < -0.39 is 0 Å². The summed E-state index contributed by atoms with van der Waals surface area (Å²) in [7, 11) is 0. The van der Waals surface area contributed by atoms with Crippen LogP contribution in [0.5, 0.6) is 0 Å². The van der Waals surface area contributed by atoms with E-state index in [1.165, 1.54) is 49.3 Å². The van der Waals surface area contributed by atoms with Gasteiger partial charge in [-0.15, -0.1) is 0 Å². The van der Waals surface area contributed by atoms with Gasteiger partial charge in [0, 0.05) is 56.6 Å². The van der Waals surface area contributed by atoms with E-state index in [1.807, 2.05) is 0 Å². The molecule has 1 aromatic heterocycles. The molecule has 0 radical (unpaired) electrons. The Balaban J connectivity index is 1.29. The molecule has 33 heavy (non-hydrogen) atoms. The second kappa shape index (κ2) is 8.49. The van der Waals surface area contributed by atoms with Crippen molar-refractivity contribution in [2.45, 2.75) is 44.6 Å². The van der Waals surface area contributed by atoms with Gasteiger partial charge < -0.3 is 20.4 Å². The molecule has 1 aliphatic carbocycles. The molecule has 0 amide bonds. The predicted molar refractivity (Wildman–Crippen MR) is 136 cm³/mol. The van der Waals surface area contributed by atoms with Gasteiger partial charge >= 0.3 is 0 Å². The van der Waals surface area contributed by atoms with Crippen LogP contribution in [-0.4, -0.2) is 49.2 Å². The highest BCUT2D eigenvalue weighted by Gasteiger charge is 2.30. The molecule has 1 atom stereocenters. The Labute approximate surface area is 196 Å². The molecule has 3 aromatic rings. The van der Waals surface area contributed by atoms with Crippen LogP contribution in [0.2, 0.25) is 0 Å². The lowest BCUT2D eigenvalue weighted by Crippen LogP contribution is -2.48. The lowest BCUT2D eigenvalue weighted by molar-refractivity contribution is 0.610. The van der Waals surface area contributed by atoms with Crippen LogP contribution in [0.1, 0.15) is 56.0 Å². The van der Waals surface area contributed by atoms with Crippen molar-refractivity contribution in [2.75, 3.05) is 54.0 Å². The van der Waals surface area contributed by atoms with Gasteiger partial charge in [-0.05, 0) is 55.5 Å². The van der Waals surface area contributed by atoms with Crippen LogP contribution in [0.4, 0.5) is 17.2 Å². The molecule has 6 rings (SSSR count). The van der Waals surface area contributed by atoms with Gasteiger partial charge in [0.2, 0.25) is 0 Å². The van der Waals surface area contributed by atoms with Crippen molar-refractivity contribution >= 4 is 28.1 Å². The SMILES string of the molecule is CCC(N)c1ccc2nc(C3CC3)nc(N3CCN(c4ccccc4N4CCC4)CC3)c2c1. The van der Waals surface area contributed by atoms with Crippen molar-refractivity contribution in [1.29, 1.82) is 0 Å². The summed E-state index contributed by atoms with van der Waals surface area (Å²) in [5.74, 6) is 2.66. The van der Waals surface area contributed by atoms with Crippen LogP contribution in [0.25, 0.3) is 10.9 Å². The van der Waals surface area contributed by atoms with Crippen molar-refractivity contribution in [3.63, 3.8) is 0 Å². The van der Waals surface area contributed by atoms with E-state index in [0.717, 1.165) is 55.1 Å². The first-order chi connectivity index (χ1) is 16.2. The highest BCUT2D eigenvalue weighted by Crippen LogP contribution is 2.40. The van der Waals surface area contributed by atoms with Crippen molar-refractivity contribution in [1.82, 2.24) is 9.97 Å². The highest BCUT2D eigenvalue weighted by molar-refractivity contribution is 5.90. The topological polar surface area (TPSA) is 61.5 Å². The molecule has 2 aliphatic heterocycles. The average Bonchev–Trinajstić information content (AvgIpc) is 3.68. The Hall–Kier alpha value is -2.86. The first-order valence-electron chi connectivity index (χ1n) is 12.6. The lowest BCUT2D eigenvalue weighted by atomic mass is 10.0. The number of hydrogen-bond acceptors (Lipinski definition) is 6. The first kappa shape index (κ1) is 20.7. The summed E-state index contributed by atoms with van der Waals surface area (Å²) < 4.78 is 0. The highest BCUT2D eigenvalue weighted by atomic mass is 15.3. The number of para-hydroxylation sites is 2. The van der Waals surface area contributed by atoms with Crippen LogP contribution >= 0.6 is 0 Å². The van der Waals surface area contributed by atoms with Gasteiger partial charge in [0.25, 0.3) is 0 Å². The van der Waals surface area contributed by atoms with Crippen molar-refractivity contribution in [2.24, 2.45) is 5.73 Å². The molecule has 1 saturated carbocycles. The standard InChI is InChI=1S/C27H34N6/c1-2-22(28)20-10-11-23-21(18-20)27(30-26(29-23)19-8-9-19)33-16-14-32(15-17-33)25-7-4-3-6-24(25)31-12-5-13-31/h3-4,6-7,10-11,18-19,22H,2,5,8-9,12-17,28H2,1H3. The fraction of sp³-hybridized carbons (Fsp3) is 0.481. The Morgan fingerprint density at radius 3 is 2.15 bits per heavy atom. The second-order valence-corrected chi connectivity index (χ2v) is 9.77. The molecule has 2 aromatic carbocycles. The van der Waals surface area contributed by atoms with E-state index >= 15 is 0 Å². The number of piperazine rings is 1. The summed E-state index contributed by atoms with van der Waals surface area (Å²) in [5, 5.41) is 1.15. The molecular weight excluding hydrogens is 408 g/mol. The molecule has 2 saturated heterocycles. The predicted octanol–water partition coefficient (Wildman–Crippen LogP) is 4.45. The van der Waals surface area contributed by atoms with Gasteiger partial charge in [0.1, 0.15) is 11.6 Å². The Morgan fingerprint density at radius 1 is 0.879 bits per heavy atom. The maximum absolute atomic E-state index is 6.37. The Bertz CT molecular complexity index is 1140. The average molecular weight is 443 g/mol. The third-order valence-corrected chi connectivity index (χ3v) is 7.53. The van der Waals surface area contributed by atoms with Crippen molar-refractivity contribution in [3.8, 4) is 0 Å². The van der Waals surface area contributed by atoms with E-state index in [0.29, 0.717) is 5.92 Å². The largest absolute Gasteiger partial charge is 0.370 e. The zero-order chi connectivity index (χ0) is 22.4. The minimum Gasteiger partial charge on any atom is -0.370 e. The summed E-state index contributed by atoms with van der Waals surface area (Å²) >= 11 is 0. The maximum Gasteiger partial charge on any atom is 0.140 e. The molecule has 2 N–H and O–H groups in total. The zero-order valence-corrected chi connectivity index (χ0v) is 19.6. The molecule has 6 nitrogen and oxygen atoms in total. The molecule has 172 valence electrons. The van der Waals surface area contributed by atoms with Crippen LogP contribution < -0.4 is 20.4 Å². The van der Waals surface area contributed by atoms with Crippen molar-refractivity contribution < 1.29 is 0 Å². The van der Waals surface area contributed by atoms with Gasteiger partial charge in [-0.1, -0.05) is 25.1 Å². The van der Waals surface area contributed by atoms with Crippen molar-refractivity contribution in [3.05, 3.63) is 53.9 Å². The molecule has 3 heterocycles. The summed E-state index contributed by atoms with van der Waals surface area (Å²) in [6.07, 6.45) is 4.66. The summed E-state index contributed by atoms with van der Waals surface area (Å²) in [6, 6.07) is 15.5. The lowest BCUT2D eigenvalue weighted by Gasteiger charge is -2.41. The van der Waals surface area contributed by atoms with Crippen LogP contribution in [-0.2, 0) is 0 Å². The molecule has 0 bridgehead atoms. The minimum absolute atomic E-state index is 0.0558. The summed E-state index contributed by atoms with van der Waals surface area (Å²) in [5.41, 5.74) is 11.4. The minimum atomic E-state index is 0.0558. The Morgan fingerprint density at radius 2 is 1.55 bits per heavy atom. The van der Waals surface area contributed by atoms with Gasteiger partial charge in [0.15, 0.2) is 0 Å². The number of nitrogens with zero attached hydrogens (tertiary/aromatic N) is 5. The van der Waals surface area contributed by atoms with E-state index in [1.54, 1.807) is 0 Å². The quantitative estimate of drug-likeness (QED) is 0.608. The number of aromatic nitrogens is 2. The normalized spacial score (nSPS) is 19.6. The third-order valence-electron chi connectivity index (χ3n) is 7.53. The number of fused-ring (bicyclic) bond motifs is 1. The van der Waals surface area contributed by atoms with Gasteiger partial charge in [0.05, 0.1) is 16.9 Å². The second-order valence-electron chi connectivity index (χ2n) is 9.77. The fourth-order valence-corrected chi connectivity index (χ4v) is 5.09. The number of benzene rings is 2. The molecule has 0 spiro atoms. The molecule has 6 heteroatoms. The van der Waals surface area contributed by atoms with E-state index in [2.05, 4.69) is 64.1 Å². The van der Waals surface area contributed by atoms with Gasteiger partial charge in [-0.25, -0.2) is 9.97 Å². The summed E-state index contributed by atoms with van der Waals surface area (Å²) in [6.45, 7) is 8.43. The summed E-state index contributed by atoms with van der Waals surface area (Å²) in [4.78, 5) is 17.6. The molecule has 3 aliphatic rings. The molecular formula is C27H34N6. The fourth-order valence-electron chi connectivity index (χ4n) is 5.09. The van der Waals surface area contributed by atoms with Gasteiger partial charge in [-0.3, -0.25) is 0 Å². The first-order valence-corrected chi connectivity index (χ1v) is 12.6. The maximum atomic E-state index is 6.37. The monoisotopic (exact) mass is 442 g/mol. The third kappa shape index (κ3) is 3.90. The molecule has 1 unspecified atom stereocenters. The number of nitrogens with two attached hydrogens (primary N) is 1. The van der Waals surface area contributed by atoms with Crippen LogP contribution in [0.15, 0.2) is 42.5 Å². The number of rotatable bonds is 6. The number of anilines is 3. The smallest absolute Gasteiger partial charge is 0.140 e. The number of hydrogen-bond donors (Lipinski definition) is 1. The van der Waals surface area contributed by atoms with Crippen LogP contribution in [0, 0.1) is 0 Å². The Kier molecular flexibility index (Phi) is 5.33. The van der Waals surface area contributed by atoms with Crippen LogP contribution in [0.3, 0.4) is 0 Å².